The molecule has 1 aromatic carbocycles. The standard InChI is InChI=1S/C22H32O3.C15H12O2/c1-4-20(24)25-19-8-7-17-16-6-5-14-13-15(23)9-11-21(14,2)18(16)10-12-22(17,19)3;1-2-13(11-6-4-3-5-7-11)14-10-12(16)8-9-15(14)17/h13,16-19H,4-12H2,1-3H3;2-10,13H,1H2. The zero-order valence-electron chi connectivity index (χ0n) is 25.3. The number of ether oxygens (including phenoxy) is 1. The Morgan fingerprint density at radius 1 is 0.976 bits per heavy atom. The summed E-state index contributed by atoms with van der Waals surface area (Å²) in [5, 5.41) is 0. The SMILES string of the molecule is C=CC(C1=CC(=O)C=CC1=O)c1ccccc1.CCC(=O)OC1CCC2C3CCC4=CC(=O)CCC4(C)C3CCC12C. The molecule has 6 rings (SSSR count). The topological polar surface area (TPSA) is 77.5 Å². The molecule has 42 heavy (non-hydrogen) atoms. The first-order chi connectivity index (χ1) is 20.1. The molecule has 5 nitrogen and oxygen atoms in total. The fourth-order valence-corrected chi connectivity index (χ4v) is 8.82. The minimum atomic E-state index is -0.224. The van der Waals surface area contributed by atoms with Crippen LogP contribution in [0.1, 0.15) is 90.0 Å². The van der Waals surface area contributed by atoms with E-state index in [0.29, 0.717) is 29.6 Å². The predicted octanol–water partition coefficient (Wildman–Crippen LogP) is 7.43. The maximum atomic E-state index is 11.9. The highest BCUT2D eigenvalue weighted by molar-refractivity contribution is 6.18. The van der Waals surface area contributed by atoms with Gasteiger partial charge in [0, 0.05) is 29.7 Å². The van der Waals surface area contributed by atoms with E-state index in [1.807, 2.05) is 43.3 Å². The highest BCUT2D eigenvalue weighted by Crippen LogP contribution is 2.65. The Balaban J connectivity index is 0.000000181. The average Bonchev–Trinajstić information content (AvgIpc) is 3.32. The average molecular weight is 569 g/mol. The van der Waals surface area contributed by atoms with Crippen molar-refractivity contribution in [2.45, 2.75) is 90.6 Å². The molecule has 7 atom stereocenters. The molecule has 3 fully saturated rings. The van der Waals surface area contributed by atoms with Gasteiger partial charge >= 0.3 is 5.97 Å². The Morgan fingerprint density at radius 2 is 1.74 bits per heavy atom. The summed E-state index contributed by atoms with van der Waals surface area (Å²) in [6.07, 6.45) is 16.9. The van der Waals surface area contributed by atoms with Crippen LogP contribution >= 0.6 is 0 Å². The molecule has 0 N–H and O–H groups in total. The van der Waals surface area contributed by atoms with Crippen molar-refractivity contribution in [3.05, 3.63) is 84.0 Å². The maximum absolute atomic E-state index is 11.9. The van der Waals surface area contributed by atoms with Gasteiger partial charge in [-0.2, -0.15) is 0 Å². The Labute approximate surface area is 250 Å². The number of allylic oxidation sites excluding steroid dienone is 6. The van der Waals surface area contributed by atoms with Crippen molar-refractivity contribution >= 4 is 23.3 Å². The Bertz CT molecular complexity index is 1350. The van der Waals surface area contributed by atoms with Gasteiger partial charge in [0.1, 0.15) is 6.10 Å². The first-order valence-corrected chi connectivity index (χ1v) is 15.7. The zero-order valence-corrected chi connectivity index (χ0v) is 25.3. The number of ketones is 3. The number of rotatable bonds is 5. The van der Waals surface area contributed by atoms with Gasteiger partial charge in [0.15, 0.2) is 17.3 Å². The summed E-state index contributed by atoms with van der Waals surface area (Å²) >= 11 is 0. The largest absolute Gasteiger partial charge is 0.462 e. The summed E-state index contributed by atoms with van der Waals surface area (Å²) in [6, 6.07) is 9.55. The fourth-order valence-electron chi connectivity index (χ4n) is 8.82. The van der Waals surface area contributed by atoms with Crippen molar-refractivity contribution in [2.75, 3.05) is 0 Å². The summed E-state index contributed by atoms with van der Waals surface area (Å²) in [7, 11) is 0. The zero-order chi connectivity index (χ0) is 30.1. The van der Waals surface area contributed by atoms with E-state index in [1.165, 1.54) is 43.1 Å². The third-order valence-corrected chi connectivity index (χ3v) is 11.1. The van der Waals surface area contributed by atoms with Crippen LogP contribution in [0.3, 0.4) is 0 Å². The lowest BCUT2D eigenvalue weighted by molar-refractivity contribution is -0.159. The predicted molar refractivity (Wildman–Crippen MR) is 163 cm³/mol. The Kier molecular flexibility index (Phi) is 8.68. The van der Waals surface area contributed by atoms with Gasteiger partial charge in [-0.25, -0.2) is 0 Å². The third-order valence-electron chi connectivity index (χ3n) is 11.1. The summed E-state index contributed by atoms with van der Waals surface area (Å²) < 4.78 is 5.86. The molecule has 0 saturated heterocycles. The first-order valence-electron chi connectivity index (χ1n) is 15.7. The highest BCUT2D eigenvalue weighted by Gasteiger charge is 2.59. The summed E-state index contributed by atoms with van der Waals surface area (Å²) in [6.45, 7) is 10.4. The molecule has 0 bridgehead atoms. The van der Waals surface area contributed by atoms with E-state index in [0.717, 1.165) is 43.6 Å². The molecule has 1 aromatic rings. The van der Waals surface area contributed by atoms with E-state index in [-0.39, 0.29) is 40.4 Å². The molecule has 5 aliphatic rings. The van der Waals surface area contributed by atoms with Crippen molar-refractivity contribution in [3.8, 4) is 0 Å². The third kappa shape index (κ3) is 5.55. The van der Waals surface area contributed by atoms with Crippen LogP contribution in [-0.2, 0) is 23.9 Å². The smallest absolute Gasteiger partial charge is 0.305 e. The van der Waals surface area contributed by atoms with Crippen molar-refractivity contribution in [1.29, 1.82) is 0 Å². The fraction of sp³-hybridized carbons (Fsp3) is 0.514. The molecule has 5 heteroatoms. The molecule has 222 valence electrons. The van der Waals surface area contributed by atoms with Crippen molar-refractivity contribution in [3.63, 3.8) is 0 Å². The molecule has 3 saturated carbocycles. The van der Waals surface area contributed by atoms with Crippen molar-refractivity contribution in [1.82, 2.24) is 0 Å². The van der Waals surface area contributed by atoms with Gasteiger partial charge in [0.25, 0.3) is 0 Å². The number of hydrogen-bond acceptors (Lipinski definition) is 5. The van der Waals surface area contributed by atoms with Crippen LogP contribution < -0.4 is 0 Å². The van der Waals surface area contributed by atoms with E-state index in [9.17, 15) is 19.2 Å². The number of hydrogen-bond donors (Lipinski definition) is 0. The summed E-state index contributed by atoms with van der Waals surface area (Å²) in [5.74, 6) is 1.91. The molecule has 0 radical (unpaired) electrons. The van der Waals surface area contributed by atoms with E-state index in [2.05, 4.69) is 20.4 Å². The van der Waals surface area contributed by atoms with Gasteiger partial charge in [-0.15, -0.1) is 6.58 Å². The molecular formula is C37H44O5. The van der Waals surface area contributed by atoms with Gasteiger partial charge in [0.2, 0.25) is 0 Å². The molecule has 7 unspecified atom stereocenters. The lowest BCUT2D eigenvalue weighted by Crippen LogP contribution is -2.51. The minimum Gasteiger partial charge on any atom is -0.462 e. The number of fused-ring (bicyclic) bond motifs is 5. The van der Waals surface area contributed by atoms with Crippen molar-refractivity contribution in [2.24, 2.45) is 28.6 Å². The molecule has 0 amide bonds. The number of carbonyl (C=O) groups is 4. The number of esters is 1. The molecular weight excluding hydrogens is 524 g/mol. The van der Waals surface area contributed by atoms with Gasteiger partial charge < -0.3 is 4.74 Å². The van der Waals surface area contributed by atoms with Crippen LogP contribution in [0.25, 0.3) is 0 Å². The number of benzene rings is 1. The number of carbonyl (C=O) groups excluding carboxylic acids is 4. The van der Waals surface area contributed by atoms with Gasteiger partial charge in [-0.3, -0.25) is 19.2 Å². The van der Waals surface area contributed by atoms with Crippen LogP contribution in [0, 0.1) is 28.6 Å². The van der Waals surface area contributed by atoms with E-state index < -0.39 is 0 Å². The van der Waals surface area contributed by atoms with E-state index in [1.54, 1.807) is 6.08 Å². The van der Waals surface area contributed by atoms with Gasteiger partial charge in [0.05, 0.1) is 0 Å². The van der Waals surface area contributed by atoms with Gasteiger partial charge in [-0.1, -0.05) is 62.8 Å². The lowest BCUT2D eigenvalue weighted by Gasteiger charge is -2.57. The van der Waals surface area contributed by atoms with E-state index >= 15 is 0 Å². The molecule has 0 spiro atoms. The lowest BCUT2D eigenvalue weighted by atomic mass is 9.47. The Morgan fingerprint density at radius 3 is 2.45 bits per heavy atom. The van der Waals surface area contributed by atoms with Crippen LogP contribution in [0.4, 0.5) is 0 Å². The monoisotopic (exact) mass is 568 g/mol. The first kappa shape index (κ1) is 30.1. The minimum absolute atomic E-state index is 0.0411. The molecule has 5 aliphatic carbocycles. The molecule has 0 aliphatic heterocycles. The van der Waals surface area contributed by atoms with Crippen molar-refractivity contribution < 1.29 is 23.9 Å². The quantitative estimate of drug-likeness (QED) is 0.210. The summed E-state index contributed by atoms with van der Waals surface area (Å²) in [5.41, 5.74) is 3.27. The second kappa shape index (κ2) is 12.1. The van der Waals surface area contributed by atoms with Crippen LogP contribution in [0.2, 0.25) is 0 Å². The normalized spacial score (nSPS) is 34.0. The summed E-state index contributed by atoms with van der Waals surface area (Å²) in [4.78, 5) is 46.9. The maximum Gasteiger partial charge on any atom is 0.305 e. The van der Waals surface area contributed by atoms with E-state index in [4.69, 9.17) is 4.74 Å². The second-order valence-corrected chi connectivity index (χ2v) is 13.2. The van der Waals surface area contributed by atoms with Crippen LogP contribution in [0.15, 0.2) is 78.4 Å². The molecule has 0 heterocycles. The molecule has 0 aromatic heterocycles. The Hall–Kier alpha value is -3.34. The highest BCUT2D eigenvalue weighted by atomic mass is 16.5. The van der Waals surface area contributed by atoms with Crippen LogP contribution in [-0.4, -0.2) is 29.4 Å². The van der Waals surface area contributed by atoms with Crippen LogP contribution in [0.5, 0.6) is 0 Å². The second-order valence-electron chi connectivity index (χ2n) is 13.2. The van der Waals surface area contributed by atoms with Gasteiger partial charge in [-0.05, 0) is 98.0 Å².